The van der Waals surface area contributed by atoms with E-state index in [4.69, 9.17) is 26.6 Å². The molecule has 0 radical (unpaired) electrons. The lowest BCUT2D eigenvalue weighted by atomic mass is 10.1. The van der Waals surface area contributed by atoms with Crippen molar-refractivity contribution in [2.75, 3.05) is 5.32 Å². The summed E-state index contributed by atoms with van der Waals surface area (Å²) in [4.78, 5) is 30.3. The molecule has 4 rings (SSSR count). The van der Waals surface area contributed by atoms with E-state index in [9.17, 15) is 9.59 Å². The van der Waals surface area contributed by atoms with Crippen LogP contribution in [0.3, 0.4) is 0 Å². The van der Waals surface area contributed by atoms with Crippen molar-refractivity contribution in [2.45, 2.75) is 12.5 Å². The first-order valence-corrected chi connectivity index (χ1v) is 8.83. The van der Waals surface area contributed by atoms with Crippen LogP contribution in [-0.2, 0) is 9.63 Å². The highest BCUT2D eigenvalue weighted by Crippen LogP contribution is 2.32. The number of halogens is 1. The van der Waals surface area contributed by atoms with E-state index in [1.54, 1.807) is 30.3 Å². The molecule has 3 aromatic rings. The number of carbonyl (C=O) groups is 2. The van der Waals surface area contributed by atoms with Gasteiger partial charge in [0.2, 0.25) is 11.9 Å². The van der Waals surface area contributed by atoms with Crippen LogP contribution < -0.4 is 11.1 Å². The third-order valence-electron chi connectivity index (χ3n) is 3.89. The quantitative estimate of drug-likeness (QED) is 0.713. The van der Waals surface area contributed by atoms with Crippen LogP contribution in [0, 0.1) is 0 Å². The van der Waals surface area contributed by atoms with E-state index in [1.165, 1.54) is 11.3 Å². The molecule has 3 heterocycles. The number of hydrogen-bond acceptors (Lipinski definition) is 6. The minimum Gasteiger partial charge on any atom is -0.449 e. The molecule has 0 fully saturated rings. The van der Waals surface area contributed by atoms with Gasteiger partial charge < -0.3 is 20.3 Å². The molecule has 0 aliphatic carbocycles. The van der Waals surface area contributed by atoms with Crippen molar-refractivity contribution in [3.05, 3.63) is 51.4 Å². The Balaban J connectivity index is 1.55. The monoisotopic (exact) mass is 389 g/mol. The Morgan fingerprint density at radius 3 is 2.81 bits per heavy atom. The summed E-state index contributed by atoms with van der Waals surface area (Å²) in [6.07, 6.45) is -0.523. The number of rotatable bonds is 4. The molecule has 1 atom stereocenters. The number of hydrogen-bond donors (Lipinski definition) is 2. The maximum Gasteiger partial charge on any atom is 0.286 e. The smallest absolute Gasteiger partial charge is 0.286 e. The third kappa shape index (κ3) is 2.93. The predicted molar refractivity (Wildman–Crippen MR) is 98.7 cm³/mol. The molecule has 2 amide bonds. The van der Waals surface area contributed by atoms with Crippen LogP contribution in [0.1, 0.15) is 21.9 Å². The molecular formula is C17H12ClN3O4S. The third-order valence-corrected chi connectivity index (χ3v) is 5.17. The molecule has 132 valence electrons. The summed E-state index contributed by atoms with van der Waals surface area (Å²) in [5.74, 6) is -1.32. The number of oxime groups is 1. The number of fused-ring (bicyclic) bond motifs is 1. The lowest BCUT2D eigenvalue weighted by molar-refractivity contribution is -0.125. The summed E-state index contributed by atoms with van der Waals surface area (Å²) in [6.45, 7) is 0. The summed E-state index contributed by atoms with van der Waals surface area (Å²) >= 11 is 7.28. The van der Waals surface area contributed by atoms with Crippen molar-refractivity contribution in [2.24, 2.45) is 10.9 Å². The van der Waals surface area contributed by atoms with E-state index in [2.05, 4.69) is 10.5 Å². The second-order valence-corrected chi connectivity index (χ2v) is 7.31. The van der Waals surface area contributed by atoms with Crippen LogP contribution in [-0.4, -0.2) is 23.6 Å². The van der Waals surface area contributed by atoms with Gasteiger partial charge in [-0.2, -0.15) is 0 Å². The minimum atomic E-state index is -0.819. The fourth-order valence-electron chi connectivity index (χ4n) is 2.68. The number of nitrogens with zero attached hydrogens (tertiary/aromatic N) is 1. The van der Waals surface area contributed by atoms with Crippen LogP contribution in [0.5, 0.6) is 0 Å². The topological polar surface area (TPSA) is 107 Å². The molecule has 1 aromatic carbocycles. The number of primary amides is 1. The largest absolute Gasteiger partial charge is 0.449 e. The molecule has 1 aliphatic heterocycles. The van der Waals surface area contributed by atoms with E-state index in [0.29, 0.717) is 27.4 Å². The highest BCUT2D eigenvalue weighted by molar-refractivity contribution is 7.18. The fourth-order valence-corrected chi connectivity index (χ4v) is 3.71. The van der Waals surface area contributed by atoms with E-state index >= 15 is 0 Å². The van der Waals surface area contributed by atoms with E-state index < -0.39 is 17.9 Å². The van der Waals surface area contributed by atoms with Gasteiger partial charge in [0.25, 0.3) is 11.8 Å². The SMILES string of the molecule is NC(=O)c1oc2ccccc2c1NC(=O)[C@@H]1CC(c2ccc(Cl)s2)=NO1. The average molecular weight is 390 g/mol. The molecule has 0 saturated carbocycles. The van der Waals surface area contributed by atoms with E-state index in [1.807, 2.05) is 6.07 Å². The van der Waals surface area contributed by atoms with Crippen molar-refractivity contribution >= 4 is 57.1 Å². The predicted octanol–water partition coefficient (Wildman–Crippen LogP) is 3.38. The molecule has 2 aromatic heterocycles. The van der Waals surface area contributed by atoms with Gasteiger partial charge in [-0.1, -0.05) is 28.9 Å². The number of nitrogens with two attached hydrogens (primary N) is 1. The van der Waals surface area contributed by atoms with Crippen LogP contribution in [0.2, 0.25) is 4.34 Å². The van der Waals surface area contributed by atoms with Gasteiger partial charge >= 0.3 is 0 Å². The normalized spacial score (nSPS) is 16.3. The number of furan rings is 1. The van der Waals surface area contributed by atoms with Crippen molar-refractivity contribution in [3.8, 4) is 0 Å². The molecule has 9 heteroatoms. The first-order valence-electron chi connectivity index (χ1n) is 7.63. The Morgan fingerprint density at radius 2 is 2.08 bits per heavy atom. The van der Waals surface area contributed by atoms with Crippen molar-refractivity contribution in [3.63, 3.8) is 0 Å². The number of benzene rings is 1. The molecule has 1 aliphatic rings. The van der Waals surface area contributed by atoms with Gasteiger partial charge in [-0.15, -0.1) is 11.3 Å². The van der Waals surface area contributed by atoms with Crippen LogP contribution in [0.25, 0.3) is 11.0 Å². The van der Waals surface area contributed by atoms with E-state index in [0.717, 1.165) is 4.88 Å². The summed E-state index contributed by atoms with van der Waals surface area (Å²) in [5, 5.41) is 7.23. The number of anilines is 1. The standard InChI is InChI=1S/C17H12ClN3O4S/c18-13-6-5-12(26-13)9-7-11(25-21-9)17(23)20-14-8-3-1-2-4-10(8)24-15(14)16(19)22/h1-6,11H,7H2,(H2,19,22)(H,20,23)/t11-/m0/s1. The maximum absolute atomic E-state index is 12.6. The number of carbonyl (C=O) groups excluding carboxylic acids is 2. The highest BCUT2D eigenvalue weighted by Gasteiger charge is 2.31. The van der Waals surface area contributed by atoms with Crippen LogP contribution in [0.4, 0.5) is 5.69 Å². The van der Waals surface area contributed by atoms with Crippen molar-refractivity contribution in [1.82, 2.24) is 0 Å². The first-order chi connectivity index (χ1) is 12.5. The zero-order chi connectivity index (χ0) is 18.3. The number of para-hydroxylation sites is 1. The van der Waals surface area contributed by atoms with Gasteiger partial charge in [0, 0.05) is 11.8 Å². The molecule has 26 heavy (non-hydrogen) atoms. The highest BCUT2D eigenvalue weighted by atomic mass is 35.5. The Morgan fingerprint density at radius 1 is 1.27 bits per heavy atom. The lowest BCUT2D eigenvalue weighted by Crippen LogP contribution is -2.28. The summed E-state index contributed by atoms with van der Waals surface area (Å²) < 4.78 is 6.08. The molecule has 7 nitrogen and oxygen atoms in total. The van der Waals surface area contributed by atoms with Gasteiger partial charge in [-0.05, 0) is 24.3 Å². The van der Waals surface area contributed by atoms with Gasteiger partial charge in [0.05, 0.1) is 9.21 Å². The average Bonchev–Trinajstić information content (AvgIpc) is 3.33. The van der Waals surface area contributed by atoms with E-state index in [-0.39, 0.29) is 11.4 Å². The second kappa shape index (κ2) is 6.47. The van der Waals surface area contributed by atoms with Crippen LogP contribution >= 0.6 is 22.9 Å². The second-order valence-electron chi connectivity index (χ2n) is 5.60. The maximum atomic E-state index is 12.6. The minimum absolute atomic E-state index is 0.108. The molecule has 3 N–H and O–H groups in total. The Bertz CT molecular complexity index is 1060. The van der Waals surface area contributed by atoms with Crippen molar-refractivity contribution in [1.29, 1.82) is 0 Å². The number of nitrogens with one attached hydrogen (secondary N) is 1. The Hall–Kier alpha value is -2.84. The molecule has 0 unspecified atom stereocenters. The molecule has 0 bridgehead atoms. The number of thiophene rings is 1. The summed E-state index contributed by atoms with van der Waals surface area (Å²) in [6, 6.07) is 10.5. The molecule has 0 spiro atoms. The van der Waals surface area contributed by atoms with Gasteiger partial charge in [0.15, 0.2) is 0 Å². The van der Waals surface area contributed by atoms with Gasteiger partial charge in [-0.25, -0.2) is 0 Å². The summed E-state index contributed by atoms with van der Waals surface area (Å²) in [5.41, 5.74) is 6.69. The Kier molecular flexibility index (Phi) is 4.14. The molecular weight excluding hydrogens is 378 g/mol. The Labute approximate surface area is 156 Å². The first kappa shape index (κ1) is 16.6. The van der Waals surface area contributed by atoms with Gasteiger partial charge in [-0.3, -0.25) is 9.59 Å². The summed E-state index contributed by atoms with van der Waals surface area (Å²) in [7, 11) is 0. The van der Waals surface area contributed by atoms with Gasteiger partial charge in [0.1, 0.15) is 17.0 Å². The molecule has 0 saturated heterocycles. The fraction of sp³-hybridized carbons (Fsp3) is 0.118. The number of amides is 2. The zero-order valence-corrected chi connectivity index (χ0v) is 14.8. The van der Waals surface area contributed by atoms with Crippen LogP contribution in [0.15, 0.2) is 46.0 Å². The van der Waals surface area contributed by atoms with Crippen molar-refractivity contribution < 1.29 is 18.8 Å². The lowest BCUT2D eigenvalue weighted by Gasteiger charge is -2.09. The zero-order valence-electron chi connectivity index (χ0n) is 13.2.